The van der Waals surface area contributed by atoms with Gasteiger partial charge in [0.2, 0.25) is 0 Å². The molecule has 1 aromatic heterocycles. The zero-order valence-corrected chi connectivity index (χ0v) is 16.4. The van der Waals surface area contributed by atoms with Crippen LogP contribution in [0.4, 0.5) is 0 Å². The van der Waals surface area contributed by atoms with Crippen molar-refractivity contribution in [1.82, 2.24) is 9.88 Å². The molecule has 144 valence electrons. The van der Waals surface area contributed by atoms with Gasteiger partial charge >= 0.3 is 0 Å². The number of nitrogens with one attached hydrogen (secondary N) is 1. The lowest BCUT2D eigenvalue weighted by molar-refractivity contribution is 0.0948. The highest BCUT2D eigenvalue weighted by molar-refractivity contribution is 5.95. The Morgan fingerprint density at radius 1 is 1.30 bits per heavy atom. The van der Waals surface area contributed by atoms with Gasteiger partial charge in [-0.1, -0.05) is 26.0 Å². The summed E-state index contributed by atoms with van der Waals surface area (Å²) in [6.45, 7) is 7.83. The average molecular weight is 368 g/mol. The molecule has 0 unspecified atom stereocenters. The third kappa shape index (κ3) is 4.59. The molecule has 0 saturated heterocycles. The van der Waals surface area contributed by atoms with Gasteiger partial charge in [-0.25, -0.2) is 0 Å². The molecule has 1 aliphatic rings. The molecule has 0 fully saturated rings. The average Bonchev–Trinajstić information content (AvgIpc) is 2.65. The van der Waals surface area contributed by atoms with E-state index in [1.54, 1.807) is 17.7 Å². The Labute approximate surface area is 160 Å². The number of amides is 1. The van der Waals surface area contributed by atoms with Crippen LogP contribution in [0.15, 0.2) is 35.3 Å². The minimum atomic E-state index is -0.314. The number of benzene rings is 1. The molecule has 1 aromatic carbocycles. The molecular formula is C22H28N2O3. The molecule has 0 saturated carbocycles. The van der Waals surface area contributed by atoms with E-state index in [-0.39, 0.29) is 17.0 Å². The predicted octanol–water partition coefficient (Wildman–Crippen LogP) is 3.46. The number of nitrogens with zero attached hydrogens (tertiary/aromatic N) is 1. The Morgan fingerprint density at radius 3 is 2.89 bits per heavy atom. The highest BCUT2D eigenvalue weighted by atomic mass is 16.5. The molecule has 0 aliphatic carbocycles. The number of ether oxygens (including phenoxy) is 1. The summed E-state index contributed by atoms with van der Waals surface area (Å²) in [6, 6.07) is 7.84. The fraction of sp³-hybridized carbons (Fsp3) is 0.455. The zero-order valence-electron chi connectivity index (χ0n) is 16.4. The van der Waals surface area contributed by atoms with Crippen LogP contribution in [0.5, 0.6) is 5.75 Å². The monoisotopic (exact) mass is 368 g/mol. The smallest absolute Gasteiger partial charge is 0.263 e. The van der Waals surface area contributed by atoms with Crippen molar-refractivity contribution in [3.8, 4) is 5.75 Å². The summed E-state index contributed by atoms with van der Waals surface area (Å²) in [5, 5.41) is 2.90. The lowest BCUT2D eigenvalue weighted by atomic mass is 10.0. The van der Waals surface area contributed by atoms with Crippen molar-refractivity contribution < 1.29 is 9.53 Å². The molecular weight excluding hydrogens is 340 g/mol. The summed E-state index contributed by atoms with van der Waals surface area (Å²) in [5.41, 5.74) is 2.92. The molecule has 1 N–H and O–H groups in total. The van der Waals surface area contributed by atoms with Crippen LogP contribution in [0.1, 0.15) is 53.7 Å². The number of hydrogen-bond donors (Lipinski definition) is 1. The molecule has 5 nitrogen and oxygen atoms in total. The van der Waals surface area contributed by atoms with Crippen LogP contribution in [-0.4, -0.2) is 17.1 Å². The van der Waals surface area contributed by atoms with Crippen molar-refractivity contribution in [2.75, 3.05) is 6.61 Å². The van der Waals surface area contributed by atoms with Crippen molar-refractivity contribution in [2.24, 2.45) is 5.92 Å². The third-order valence-electron chi connectivity index (χ3n) is 4.97. The second kappa shape index (κ2) is 8.42. The predicted molar refractivity (Wildman–Crippen MR) is 106 cm³/mol. The number of carbonyl (C=O) groups excluding carboxylic acids is 1. The van der Waals surface area contributed by atoms with Crippen LogP contribution < -0.4 is 15.6 Å². The second-order valence-corrected chi connectivity index (χ2v) is 7.63. The van der Waals surface area contributed by atoms with Crippen LogP contribution in [-0.2, 0) is 19.5 Å². The standard InChI is InChI=1S/C22H28N2O3/c1-15(2)8-10-24-11-9-16(3)20(22(24)26)21(25)23-14-17-6-7-19-18(13-17)5-4-12-27-19/h6-7,9,11,13,15H,4-5,8,10,12,14H2,1-3H3,(H,23,25). The van der Waals surface area contributed by atoms with Gasteiger partial charge in [0.1, 0.15) is 11.3 Å². The van der Waals surface area contributed by atoms with Crippen LogP contribution in [0.3, 0.4) is 0 Å². The largest absolute Gasteiger partial charge is 0.493 e. The van der Waals surface area contributed by atoms with E-state index in [1.807, 2.05) is 18.2 Å². The maximum Gasteiger partial charge on any atom is 0.263 e. The fourth-order valence-electron chi connectivity index (χ4n) is 3.31. The van der Waals surface area contributed by atoms with Crippen molar-refractivity contribution in [3.05, 3.63) is 63.1 Å². The SMILES string of the molecule is Cc1ccn(CCC(C)C)c(=O)c1C(=O)NCc1ccc2c(c1)CCCO2. The van der Waals surface area contributed by atoms with Gasteiger partial charge in [0, 0.05) is 19.3 Å². The first-order chi connectivity index (χ1) is 13.0. The number of aryl methyl sites for hydroxylation is 3. The van der Waals surface area contributed by atoms with Gasteiger partial charge in [0.15, 0.2) is 0 Å². The Balaban J connectivity index is 1.72. The molecule has 3 rings (SSSR count). The van der Waals surface area contributed by atoms with Gasteiger partial charge in [0.05, 0.1) is 6.61 Å². The maximum atomic E-state index is 12.7. The Bertz CT molecular complexity index is 884. The normalized spacial score (nSPS) is 13.2. The highest BCUT2D eigenvalue weighted by Crippen LogP contribution is 2.25. The lowest BCUT2D eigenvalue weighted by Gasteiger charge is -2.18. The number of fused-ring (bicyclic) bond motifs is 1. The molecule has 1 amide bonds. The first kappa shape index (κ1) is 19.2. The molecule has 2 heterocycles. The first-order valence-corrected chi connectivity index (χ1v) is 9.68. The van der Waals surface area contributed by atoms with Crippen LogP contribution in [0.25, 0.3) is 0 Å². The quantitative estimate of drug-likeness (QED) is 0.849. The number of pyridine rings is 1. The van der Waals surface area contributed by atoms with E-state index in [1.165, 1.54) is 5.56 Å². The van der Waals surface area contributed by atoms with Crippen LogP contribution in [0.2, 0.25) is 0 Å². The number of hydrogen-bond acceptors (Lipinski definition) is 3. The van der Waals surface area contributed by atoms with E-state index in [0.717, 1.165) is 37.2 Å². The van der Waals surface area contributed by atoms with Gasteiger partial charge < -0.3 is 14.6 Å². The van der Waals surface area contributed by atoms with E-state index in [4.69, 9.17) is 4.74 Å². The van der Waals surface area contributed by atoms with Crippen molar-refractivity contribution in [2.45, 2.75) is 53.1 Å². The van der Waals surface area contributed by atoms with Gasteiger partial charge in [-0.05, 0) is 60.9 Å². The summed E-state index contributed by atoms with van der Waals surface area (Å²) >= 11 is 0. The van der Waals surface area contributed by atoms with Crippen molar-refractivity contribution in [1.29, 1.82) is 0 Å². The molecule has 0 atom stereocenters. The van der Waals surface area contributed by atoms with Gasteiger partial charge in [-0.3, -0.25) is 9.59 Å². The molecule has 0 bridgehead atoms. The maximum absolute atomic E-state index is 12.7. The summed E-state index contributed by atoms with van der Waals surface area (Å²) in [7, 11) is 0. The second-order valence-electron chi connectivity index (χ2n) is 7.63. The minimum absolute atomic E-state index is 0.216. The van der Waals surface area contributed by atoms with E-state index < -0.39 is 0 Å². The van der Waals surface area contributed by atoms with Crippen molar-refractivity contribution >= 4 is 5.91 Å². The summed E-state index contributed by atoms with van der Waals surface area (Å²) in [4.78, 5) is 25.4. The molecule has 5 heteroatoms. The summed E-state index contributed by atoms with van der Waals surface area (Å²) < 4.78 is 7.26. The zero-order chi connectivity index (χ0) is 19.4. The van der Waals surface area contributed by atoms with Gasteiger partial charge in [-0.15, -0.1) is 0 Å². The topological polar surface area (TPSA) is 60.3 Å². The Morgan fingerprint density at radius 2 is 2.11 bits per heavy atom. The molecule has 0 spiro atoms. The van der Waals surface area contributed by atoms with E-state index >= 15 is 0 Å². The molecule has 1 aliphatic heterocycles. The van der Waals surface area contributed by atoms with E-state index in [2.05, 4.69) is 25.2 Å². The van der Waals surface area contributed by atoms with Gasteiger partial charge in [-0.2, -0.15) is 0 Å². The van der Waals surface area contributed by atoms with E-state index in [0.29, 0.717) is 24.6 Å². The molecule has 27 heavy (non-hydrogen) atoms. The van der Waals surface area contributed by atoms with Gasteiger partial charge in [0.25, 0.3) is 11.5 Å². The lowest BCUT2D eigenvalue weighted by Crippen LogP contribution is -2.34. The first-order valence-electron chi connectivity index (χ1n) is 9.68. The number of aromatic nitrogens is 1. The van der Waals surface area contributed by atoms with Crippen LogP contribution >= 0.6 is 0 Å². The minimum Gasteiger partial charge on any atom is -0.493 e. The third-order valence-corrected chi connectivity index (χ3v) is 4.97. The Kier molecular flexibility index (Phi) is 5.99. The summed E-state index contributed by atoms with van der Waals surface area (Å²) in [6.07, 6.45) is 4.69. The van der Waals surface area contributed by atoms with Crippen LogP contribution in [0, 0.1) is 12.8 Å². The molecule has 0 radical (unpaired) electrons. The number of rotatable bonds is 6. The summed E-state index contributed by atoms with van der Waals surface area (Å²) in [5.74, 6) is 1.12. The fourth-order valence-corrected chi connectivity index (χ4v) is 3.31. The highest BCUT2D eigenvalue weighted by Gasteiger charge is 2.16. The number of carbonyl (C=O) groups is 1. The molecule has 2 aromatic rings. The van der Waals surface area contributed by atoms with Crippen molar-refractivity contribution in [3.63, 3.8) is 0 Å². The Hall–Kier alpha value is -2.56. The van der Waals surface area contributed by atoms with E-state index in [9.17, 15) is 9.59 Å².